The summed E-state index contributed by atoms with van der Waals surface area (Å²) in [7, 11) is -2.84. The SMILES string of the molecule is CC(C)CS(=N)(=O)c1ccc(Nc2nn(C3CCCC3C#N)c3cc[nH]c(=O)c23)cc1. The number of nitrogens with one attached hydrogen (secondary N) is 3. The second-order valence-electron chi connectivity index (χ2n) is 8.48. The molecule has 2 heterocycles. The van der Waals surface area contributed by atoms with Gasteiger partial charge in [-0.05, 0) is 55.5 Å². The summed E-state index contributed by atoms with van der Waals surface area (Å²) in [4.78, 5) is 15.8. The highest BCUT2D eigenvalue weighted by atomic mass is 32.2. The van der Waals surface area contributed by atoms with Gasteiger partial charge in [0.25, 0.3) is 5.56 Å². The summed E-state index contributed by atoms with van der Waals surface area (Å²) in [5.41, 5.74) is 1.13. The average Bonchev–Trinajstić information content (AvgIpc) is 3.32. The van der Waals surface area contributed by atoms with Gasteiger partial charge in [-0.1, -0.05) is 13.8 Å². The smallest absolute Gasteiger partial charge is 0.261 e. The van der Waals surface area contributed by atoms with Gasteiger partial charge < -0.3 is 10.3 Å². The van der Waals surface area contributed by atoms with Crippen molar-refractivity contribution in [3.8, 4) is 6.07 Å². The van der Waals surface area contributed by atoms with Gasteiger partial charge in [-0.25, -0.2) is 8.99 Å². The van der Waals surface area contributed by atoms with Gasteiger partial charge in [0.15, 0.2) is 5.82 Å². The fourth-order valence-electron chi connectivity index (χ4n) is 4.28. The lowest BCUT2D eigenvalue weighted by Crippen LogP contribution is -2.14. The van der Waals surface area contributed by atoms with Crippen molar-refractivity contribution in [3.63, 3.8) is 0 Å². The Kier molecular flexibility index (Phi) is 5.58. The van der Waals surface area contributed by atoms with Crippen molar-refractivity contribution in [3.05, 3.63) is 46.9 Å². The van der Waals surface area contributed by atoms with Crippen LogP contribution in [0.2, 0.25) is 0 Å². The van der Waals surface area contributed by atoms with Gasteiger partial charge >= 0.3 is 0 Å². The Morgan fingerprint density at radius 1 is 1.32 bits per heavy atom. The minimum absolute atomic E-state index is 0.0590. The fourth-order valence-corrected chi connectivity index (χ4v) is 5.99. The van der Waals surface area contributed by atoms with Gasteiger partial charge in [0.05, 0.1) is 33.3 Å². The van der Waals surface area contributed by atoms with Gasteiger partial charge in [0.2, 0.25) is 0 Å². The zero-order chi connectivity index (χ0) is 22.2. The molecule has 8 nitrogen and oxygen atoms in total. The fraction of sp³-hybridized carbons (Fsp3) is 0.409. The molecule has 31 heavy (non-hydrogen) atoms. The second-order valence-corrected chi connectivity index (χ2v) is 10.6. The summed E-state index contributed by atoms with van der Waals surface area (Å²) in [5.74, 6) is 0.770. The van der Waals surface area contributed by atoms with Crippen LogP contribution >= 0.6 is 0 Å². The van der Waals surface area contributed by atoms with Crippen LogP contribution in [0.25, 0.3) is 10.9 Å². The maximum Gasteiger partial charge on any atom is 0.261 e. The minimum Gasteiger partial charge on any atom is -0.338 e. The Morgan fingerprint density at radius 3 is 2.74 bits per heavy atom. The third-order valence-corrected chi connectivity index (χ3v) is 7.83. The van der Waals surface area contributed by atoms with E-state index in [-0.39, 0.29) is 23.4 Å². The second kappa shape index (κ2) is 8.19. The molecule has 0 amide bonds. The number of H-pyrrole nitrogens is 1. The highest BCUT2D eigenvalue weighted by molar-refractivity contribution is 7.92. The molecule has 2 aromatic heterocycles. The number of aromatic nitrogens is 3. The topological polar surface area (TPSA) is 127 Å². The predicted octanol–water partition coefficient (Wildman–Crippen LogP) is 4.39. The van der Waals surface area contributed by atoms with Crippen LogP contribution in [0.15, 0.2) is 46.2 Å². The van der Waals surface area contributed by atoms with E-state index in [4.69, 9.17) is 4.78 Å². The predicted molar refractivity (Wildman–Crippen MR) is 121 cm³/mol. The van der Waals surface area contributed by atoms with Crippen LogP contribution < -0.4 is 10.9 Å². The third-order valence-electron chi connectivity index (χ3n) is 5.66. The van der Waals surface area contributed by atoms with Crippen LogP contribution in [0.4, 0.5) is 11.5 Å². The quantitative estimate of drug-likeness (QED) is 0.526. The van der Waals surface area contributed by atoms with Crippen LogP contribution in [-0.2, 0) is 9.73 Å². The first-order valence-electron chi connectivity index (χ1n) is 10.4. The number of anilines is 2. The van der Waals surface area contributed by atoms with E-state index >= 15 is 0 Å². The van der Waals surface area contributed by atoms with Crippen LogP contribution in [0.5, 0.6) is 0 Å². The summed E-state index contributed by atoms with van der Waals surface area (Å²) in [6, 6.07) is 11.0. The van der Waals surface area contributed by atoms with E-state index in [1.165, 1.54) is 0 Å². The molecular formula is C22H26N6O2S. The van der Waals surface area contributed by atoms with Crippen molar-refractivity contribution in [1.29, 1.82) is 10.0 Å². The van der Waals surface area contributed by atoms with Crippen molar-refractivity contribution >= 4 is 32.1 Å². The number of pyridine rings is 1. The third kappa shape index (κ3) is 4.08. The first-order valence-corrected chi connectivity index (χ1v) is 12.2. The summed E-state index contributed by atoms with van der Waals surface area (Å²) in [6.07, 6.45) is 4.24. The van der Waals surface area contributed by atoms with E-state index in [1.807, 2.05) is 19.9 Å². The zero-order valence-corrected chi connectivity index (χ0v) is 18.4. The lowest BCUT2D eigenvalue weighted by atomic mass is 10.1. The van der Waals surface area contributed by atoms with Crippen molar-refractivity contribution in [2.45, 2.75) is 44.0 Å². The maximum absolute atomic E-state index is 12.7. The molecule has 0 radical (unpaired) electrons. The molecule has 3 atom stereocenters. The molecule has 1 aliphatic rings. The molecule has 0 aliphatic heterocycles. The van der Waals surface area contributed by atoms with Gasteiger partial charge in [-0.15, -0.1) is 0 Å². The minimum atomic E-state index is -2.84. The molecular weight excluding hydrogens is 412 g/mol. The van der Waals surface area contributed by atoms with Gasteiger partial charge in [-0.2, -0.15) is 10.4 Å². The van der Waals surface area contributed by atoms with Crippen LogP contribution in [0, 0.1) is 27.9 Å². The summed E-state index contributed by atoms with van der Waals surface area (Å²) < 4.78 is 22.6. The summed E-state index contributed by atoms with van der Waals surface area (Å²) in [6.45, 7) is 3.90. The van der Waals surface area contributed by atoms with E-state index in [0.717, 1.165) is 19.3 Å². The summed E-state index contributed by atoms with van der Waals surface area (Å²) in [5, 5.41) is 17.8. The first kappa shape index (κ1) is 21.1. The van der Waals surface area contributed by atoms with Crippen molar-refractivity contribution in [2.75, 3.05) is 11.1 Å². The molecule has 1 fully saturated rings. The molecule has 3 aromatic rings. The Balaban J connectivity index is 1.70. The number of rotatable bonds is 6. The number of benzene rings is 1. The first-order chi connectivity index (χ1) is 14.8. The number of nitrogens with zero attached hydrogens (tertiary/aromatic N) is 3. The molecule has 9 heteroatoms. The van der Waals surface area contributed by atoms with E-state index in [9.17, 15) is 14.3 Å². The van der Waals surface area contributed by atoms with E-state index in [0.29, 0.717) is 33.1 Å². The van der Waals surface area contributed by atoms with Crippen LogP contribution in [0.1, 0.15) is 39.2 Å². The molecule has 3 unspecified atom stereocenters. The highest BCUT2D eigenvalue weighted by Crippen LogP contribution is 2.38. The van der Waals surface area contributed by atoms with Crippen molar-refractivity contribution in [2.24, 2.45) is 11.8 Å². The zero-order valence-electron chi connectivity index (χ0n) is 17.6. The normalized spacial score (nSPS) is 20.6. The molecule has 3 N–H and O–H groups in total. The molecule has 0 spiro atoms. The molecule has 0 saturated heterocycles. The number of hydrogen-bond donors (Lipinski definition) is 3. The molecule has 1 saturated carbocycles. The monoisotopic (exact) mass is 438 g/mol. The maximum atomic E-state index is 12.7. The molecule has 1 aliphatic carbocycles. The van der Waals surface area contributed by atoms with Crippen molar-refractivity contribution < 1.29 is 4.21 Å². The Labute approximate surface area is 181 Å². The number of fused-ring (bicyclic) bond motifs is 1. The Bertz CT molecular complexity index is 1300. The lowest BCUT2D eigenvalue weighted by Gasteiger charge is -2.15. The molecule has 162 valence electrons. The largest absolute Gasteiger partial charge is 0.338 e. The lowest BCUT2D eigenvalue weighted by molar-refractivity contribution is 0.423. The Morgan fingerprint density at radius 2 is 2.06 bits per heavy atom. The van der Waals surface area contributed by atoms with E-state index < -0.39 is 9.73 Å². The highest BCUT2D eigenvalue weighted by Gasteiger charge is 2.31. The standard InChI is InChI=1S/C22H26N6O2S/c1-14(2)13-31(24,30)17-8-6-16(7-9-17)26-21-20-19(10-11-25-22(20)29)28(27-21)18-5-3-4-15(18)12-23/h6-11,14-15,18,24H,3-5,13H2,1-2H3,(H,25,29)(H,26,27). The number of hydrogen-bond acceptors (Lipinski definition) is 6. The van der Waals surface area contributed by atoms with Crippen molar-refractivity contribution in [1.82, 2.24) is 14.8 Å². The molecule has 0 bridgehead atoms. The van der Waals surface area contributed by atoms with Gasteiger partial charge in [0, 0.05) is 22.5 Å². The van der Waals surface area contributed by atoms with Crippen LogP contribution in [0.3, 0.4) is 0 Å². The Hall–Kier alpha value is -3.12. The molecule has 1 aromatic carbocycles. The molecule has 4 rings (SSSR count). The van der Waals surface area contributed by atoms with Gasteiger partial charge in [-0.3, -0.25) is 9.48 Å². The van der Waals surface area contributed by atoms with E-state index in [1.54, 1.807) is 35.1 Å². The van der Waals surface area contributed by atoms with Crippen LogP contribution in [-0.4, -0.2) is 24.7 Å². The van der Waals surface area contributed by atoms with E-state index in [2.05, 4.69) is 21.5 Å². The number of aromatic amines is 1. The number of nitriles is 1. The summed E-state index contributed by atoms with van der Waals surface area (Å²) >= 11 is 0. The average molecular weight is 439 g/mol. The van der Waals surface area contributed by atoms with Gasteiger partial charge in [0.1, 0.15) is 5.39 Å².